The maximum atomic E-state index is 9.21. The van der Waals surface area contributed by atoms with Gasteiger partial charge in [-0.15, -0.1) is 0 Å². The van der Waals surface area contributed by atoms with Gasteiger partial charge in [0, 0.05) is 0 Å². The van der Waals surface area contributed by atoms with Crippen LogP contribution in [0.4, 0.5) is 0 Å². The minimum Gasteiger partial charge on any atom is -0.412 e. The summed E-state index contributed by atoms with van der Waals surface area (Å²) in [6.07, 6.45) is 2.91. The summed E-state index contributed by atoms with van der Waals surface area (Å²) in [4.78, 5) is 0. The van der Waals surface area contributed by atoms with E-state index in [9.17, 15) is 5.11 Å². The van der Waals surface area contributed by atoms with Crippen molar-refractivity contribution in [3.05, 3.63) is 108 Å². The van der Waals surface area contributed by atoms with Crippen LogP contribution >= 0.6 is 0 Å². The van der Waals surface area contributed by atoms with Crippen molar-refractivity contribution < 1.29 is 38.0 Å². The first kappa shape index (κ1) is 53.8. The molecular formula is C48H82O8Si2. The van der Waals surface area contributed by atoms with E-state index in [1.165, 1.54) is 11.1 Å². The molecule has 0 bridgehead atoms. The Hall–Kier alpha value is -2.23. The molecule has 1 aliphatic heterocycles. The van der Waals surface area contributed by atoms with E-state index in [1.807, 2.05) is 80.6 Å². The smallest absolute Gasteiger partial charge is 0.192 e. The molecule has 2 N–H and O–H groups in total. The first-order chi connectivity index (χ1) is 27.3. The molecule has 0 aliphatic carbocycles. The quantitative estimate of drug-likeness (QED) is 0.0857. The van der Waals surface area contributed by atoms with E-state index in [0.717, 1.165) is 38.0 Å². The maximum absolute atomic E-state index is 9.21. The fourth-order valence-electron chi connectivity index (χ4n) is 4.61. The van der Waals surface area contributed by atoms with Crippen LogP contribution in [0.25, 0.3) is 0 Å². The molecule has 1 saturated heterocycles. The standard InChI is InChI=1S/C17H30O2Si.C11H16O2.C10H24O2Si.C10H12O2/c1-7-16(19-20(5,6)17(2,3)4)14-18-13-15-11-9-8-10-12-15;1-2-11(12)9-13-8-10-6-4-3-5-7-10;1-7-9(8-11)12-13(5,6)10(2,3)4;1-2-4-9(5-3-1)6-11-7-10-8-12-10/h8-12,16H,7,13-14H2,1-6H3;3-7,11-12H,2,8-9H2,1H3;9,11H,7-8H2,1-6H3;1-5,10H,6-8H2/t16-;11-;9-;10-/m1110/s1. The molecule has 3 aromatic carbocycles. The highest BCUT2D eigenvalue weighted by molar-refractivity contribution is 6.74. The highest BCUT2D eigenvalue weighted by atomic mass is 28.4. The minimum atomic E-state index is -1.70. The average molecular weight is 843 g/mol. The summed E-state index contributed by atoms with van der Waals surface area (Å²) in [5.74, 6) is 0. The van der Waals surface area contributed by atoms with Crippen LogP contribution in [0.15, 0.2) is 91.0 Å². The second-order valence-corrected chi connectivity index (χ2v) is 27.5. The van der Waals surface area contributed by atoms with Crippen molar-refractivity contribution in [2.45, 2.75) is 162 Å². The third kappa shape index (κ3) is 24.1. The normalized spacial score (nSPS) is 15.7. The molecular weight excluding hydrogens is 761 g/mol. The van der Waals surface area contributed by atoms with Gasteiger partial charge in [-0.1, -0.05) is 153 Å². The molecule has 0 saturated carbocycles. The molecule has 1 aliphatic rings. The predicted molar refractivity (Wildman–Crippen MR) is 246 cm³/mol. The third-order valence-corrected chi connectivity index (χ3v) is 19.8. The van der Waals surface area contributed by atoms with E-state index in [-0.39, 0.29) is 35.0 Å². The van der Waals surface area contributed by atoms with Crippen molar-refractivity contribution in [1.82, 2.24) is 0 Å². The minimum absolute atomic E-state index is 0.0286. The highest BCUT2D eigenvalue weighted by Gasteiger charge is 2.39. The molecule has 0 radical (unpaired) electrons. The van der Waals surface area contributed by atoms with Gasteiger partial charge in [0.1, 0.15) is 6.10 Å². The van der Waals surface area contributed by atoms with Gasteiger partial charge in [-0.25, -0.2) is 0 Å². The molecule has 10 heteroatoms. The Morgan fingerprint density at radius 2 is 0.948 bits per heavy atom. The van der Waals surface area contributed by atoms with Gasteiger partial charge < -0.3 is 38.0 Å². The Balaban J connectivity index is 0.000000396. The summed E-state index contributed by atoms with van der Waals surface area (Å²) in [6, 6.07) is 30.4. The number of rotatable bonds is 20. The van der Waals surface area contributed by atoms with Crippen LogP contribution in [0.2, 0.25) is 36.3 Å². The first-order valence-corrected chi connectivity index (χ1v) is 27.2. The summed E-state index contributed by atoms with van der Waals surface area (Å²) < 4.78 is 34.0. The fourth-order valence-corrected chi connectivity index (χ4v) is 7.46. The van der Waals surface area contributed by atoms with Crippen LogP contribution < -0.4 is 0 Å². The molecule has 8 nitrogen and oxygen atoms in total. The Morgan fingerprint density at radius 3 is 1.28 bits per heavy atom. The zero-order valence-electron chi connectivity index (χ0n) is 38.6. The molecule has 3 aromatic rings. The Morgan fingerprint density at radius 1 is 0.586 bits per heavy atom. The van der Waals surface area contributed by atoms with E-state index in [2.05, 4.69) is 98.9 Å². The molecule has 0 amide bonds. The molecule has 1 fully saturated rings. The molecule has 330 valence electrons. The predicted octanol–water partition coefficient (Wildman–Crippen LogP) is 11.4. The average Bonchev–Trinajstić information content (AvgIpc) is 4.02. The number of aliphatic hydroxyl groups excluding tert-OH is 2. The zero-order chi connectivity index (χ0) is 43.7. The van der Waals surface area contributed by atoms with Crippen molar-refractivity contribution in [3.63, 3.8) is 0 Å². The van der Waals surface area contributed by atoms with Crippen LogP contribution in [-0.2, 0) is 47.6 Å². The molecule has 4 rings (SSSR count). The topological polar surface area (TPSA) is 99.1 Å². The summed E-state index contributed by atoms with van der Waals surface area (Å²) >= 11 is 0. The zero-order valence-corrected chi connectivity index (χ0v) is 40.6. The summed E-state index contributed by atoms with van der Waals surface area (Å²) in [5.41, 5.74) is 3.58. The number of epoxide rings is 1. The number of benzene rings is 3. The largest absolute Gasteiger partial charge is 0.412 e. The summed E-state index contributed by atoms with van der Waals surface area (Å²) in [5, 5.41) is 18.7. The van der Waals surface area contributed by atoms with Gasteiger partial charge in [0.25, 0.3) is 0 Å². The number of hydrogen-bond acceptors (Lipinski definition) is 8. The molecule has 0 spiro atoms. The van der Waals surface area contributed by atoms with Crippen molar-refractivity contribution in [2.75, 3.05) is 33.0 Å². The van der Waals surface area contributed by atoms with Gasteiger partial charge in [0.15, 0.2) is 16.6 Å². The molecule has 1 heterocycles. The van der Waals surface area contributed by atoms with Gasteiger partial charge in [-0.3, -0.25) is 0 Å². The van der Waals surface area contributed by atoms with Gasteiger partial charge in [0.2, 0.25) is 0 Å². The van der Waals surface area contributed by atoms with Crippen molar-refractivity contribution in [1.29, 1.82) is 0 Å². The van der Waals surface area contributed by atoms with E-state index in [1.54, 1.807) is 0 Å². The lowest BCUT2D eigenvalue weighted by atomic mass is 10.2. The Bertz CT molecular complexity index is 1400. The van der Waals surface area contributed by atoms with Crippen LogP contribution in [0, 0.1) is 0 Å². The number of hydrogen-bond donors (Lipinski definition) is 2. The molecule has 58 heavy (non-hydrogen) atoms. The van der Waals surface area contributed by atoms with E-state index in [0.29, 0.717) is 39.1 Å². The van der Waals surface area contributed by atoms with Crippen molar-refractivity contribution in [3.8, 4) is 0 Å². The lowest BCUT2D eigenvalue weighted by molar-refractivity contribution is 0.0269. The van der Waals surface area contributed by atoms with Gasteiger partial charge in [0.05, 0.1) is 71.2 Å². The fraction of sp³-hybridized carbons (Fsp3) is 0.625. The molecule has 0 aromatic heterocycles. The second-order valence-electron chi connectivity index (χ2n) is 18.0. The number of aliphatic hydroxyl groups is 2. The van der Waals surface area contributed by atoms with Gasteiger partial charge in [-0.05, 0) is 72.2 Å². The van der Waals surface area contributed by atoms with Gasteiger partial charge >= 0.3 is 0 Å². The van der Waals surface area contributed by atoms with E-state index >= 15 is 0 Å². The summed E-state index contributed by atoms with van der Waals surface area (Å²) in [6.45, 7) is 33.4. The molecule has 4 atom stereocenters. The van der Waals surface area contributed by atoms with Gasteiger partial charge in [-0.2, -0.15) is 0 Å². The maximum Gasteiger partial charge on any atom is 0.192 e. The lowest BCUT2D eigenvalue weighted by Gasteiger charge is -2.39. The van der Waals surface area contributed by atoms with Crippen LogP contribution in [0.5, 0.6) is 0 Å². The van der Waals surface area contributed by atoms with E-state index < -0.39 is 16.6 Å². The van der Waals surface area contributed by atoms with Crippen LogP contribution in [0.1, 0.15) is 98.3 Å². The van der Waals surface area contributed by atoms with Crippen LogP contribution in [-0.4, -0.2) is 84.3 Å². The lowest BCUT2D eigenvalue weighted by Crippen LogP contribution is -2.44. The van der Waals surface area contributed by atoms with Crippen molar-refractivity contribution >= 4 is 16.6 Å². The summed E-state index contributed by atoms with van der Waals surface area (Å²) in [7, 11) is -3.37. The highest BCUT2D eigenvalue weighted by Crippen LogP contribution is 2.38. The monoisotopic (exact) mass is 843 g/mol. The van der Waals surface area contributed by atoms with Crippen molar-refractivity contribution in [2.24, 2.45) is 0 Å². The van der Waals surface area contributed by atoms with Crippen LogP contribution in [0.3, 0.4) is 0 Å². The van der Waals surface area contributed by atoms with E-state index in [4.69, 9.17) is 32.9 Å². The first-order valence-electron chi connectivity index (χ1n) is 21.4. The number of ether oxygens (including phenoxy) is 4. The Labute approximate surface area is 356 Å². The SMILES string of the molecule is CC[C@@H](O)COCc1ccccc1.CC[C@H](CO)O[Si](C)(C)C(C)(C)C.CC[C@H](COCc1ccccc1)O[Si](C)(C)C(C)(C)C.c1ccc(COC[C@H]2CO2)cc1. The third-order valence-electron chi connectivity index (χ3n) is 10.8. The second kappa shape index (κ2) is 28.3. The molecule has 0 unspecified atom stereocenters. The Kier molecular flexibility index (Phi) is 26.3.